The number of carbonyl (C=O) groups is 4. The molecule has 1 saturated carbocycles. The molecule has 0 bridgehead atoms. The van der Waals surface area contributed by atoms with Crippen molar-refractivity contribution in [1.29, 1.82) is 0 Å². The number of rotatable bonds is 7. The zero-order chi connectivity index (χ0) is 27.8. The minimum absolute atomic E-state index is 0.159. The molecule has 2 heterocycles. The first kappa shape index (κ1) is 27.5. The first-order valence-electron chi connectivity index (χ1n) is 13.3. The van der Waals surface area contributed by atoms with Crippen LogP contribution in [0.25, 0.3) is 0 Å². The summed E-state index contributed by atoms with van der Waals surface area (Å²) in [5.41, 5.74) is 3.04. The first-order chi connectivity index (χ1) is 18.6. The quantitative estimate of drug-likeness (QED) is 0.397. The van der Waals surface area contributed by atoms with Crippen LogP contribution in [0.4, 0.5) is 0 Å². The van der Waals surface area contributed by atoms with Crippen molar-refractivity contribution < 1.29 is 19.2 Å². The van der Waals surface area contributed by atoms with E-state index in [-0.39, 0.29) is 36.7 Å². The molecule has 2 aromatic rings. The Morgan fingerprint density at radius 3 is 2.59 bits per heavy atom. The molecule has 3 aliphatic rings. The molecule has 1 aliphatic carbocycles. The Kier molecular flexibility index (Phi) is 7.93. The van der Waals surface area contributed by atoms with E-state index in [0.717, 1.165) is 42.5 Å². The van der Waals surface area contributed by atoms with Crippen LogP contribution in [0.1, 0.15) is 75.6 Å². The molecule has 1 saturated heterocycles. The van der Waals surface area contributed by atoms with E-state index >= 15 is 0 Å². The second-order valence-electron chi connectivity index (χ2n) is 11.0. The highest BCUT2D eigenvalue weighted by molar-refractivity contribution is 6.31. The van der Waals surface area contributed by atoms with E-state index in [1.165, 1.54) is 0 Å². The number of benzene rings is 2. The van der Waals surface area contributed by atoms with Gasteiger partial charge in [0, 0.05) is 57.5 Å². The molecule has 3 radical (unpaired) electrons. The molecule has 3 atom stereocenters. The van der Waals surface area contributed by atoms with E-state index in [0.29, 0.717) is 28.5 Å². The van der Waals surface area contributed by atoms with Gasteiger partial charge in [-0.3, -0.25) is 24.5 Å². The van der Waals surface area contributed by atoms with Crippen molar-refractivity contribution in [3.63, 3.8) is 0 Å². The summed E-state index contributed by atoms with van der Waals surface area (Å²) in [5, 5.41) is 6.22. The summed E-state index contributed by atoms with van der Waals surface area (Å²) in [6.07, 6.45) is 3.71. The third-order valence-electron chi connectivity index (χ3n) is 8.00. The summed E-state index contributed by atoms with van der Waals surface area (Å²) in [7, 11) is 7.46. The van der Waals surface area contributed by atoms with Crippen LogP contribution in [0.3, 0.4) is 0 Å². The normalized spacial score (nSPS) is 22.3. The van der Waals surface area contributed by atoms with Crippen molar-refractivity contribution in [3.8, 4) is 0 Å². The SMILES string of the molecule is CN(C)Cc1ccc([C@@H](NC(=O)c2ccc3c(c2)CN([C@H]2CCC(=O)NC(=O)C2[Si])C3=O)C2CCC2)c(Cl)c1. The standard InChI is InChI=1S/C29H32ClN4O4Si/c1-33(2)14-16-6-8-21(22(30)12-16)25(17-4-3-5-17)32-27(36)18-7-9-20-19(13-18)15-34(29(20)38)23-10-11-24(35)31-28(37)26(23)39/h6-9,12-13,17,23,25-26H,3-5,10-11,14-15H2,1-2H3,(H,32,36)(H,31,35,37)/t23-,25-,26?/m0/s1. The molecule has 5 rings (SSSR count). The molecule has 2 aromatic carbocycles. The first-order valence-corrected chi connectivity index (χ1v) is 14.3. The van der Waals surface area contributed by atoms with Crippen LogP contribution in [0, 0.1) is 5.92 Å². The molecule has 0 aromatic heterocycles. The zero-order valence-corrected chi connectivity index (χ0v) is 23.9. The van der Waals surface area contributed by atoms with Crippen molar-refractivity contribution >= 4 is 45.5 Å². The van der Waals surface area contributed by atoms with Gasteiger partial charge in [-0.2, -0.15) is 0 Å². The van der Waals surface area contributed by atoms with Crippen LogP contribution in [0.15, 0.2) is 36.4 Å². The van der Waals surface area contributed by atoms with Gasteiger partial charge in [-0.1, -0.05) is 30.2 Å². The fourth-order valence-electron chi connectivity index (χ4n) is 5.72. The second kappa shape index (κ2) is 11.2. The molecule has 39 heavy (non-hydrogen) atoms. The van der Waals surface area contributed by atoms with Crippen molar-refractivity contribution in [2.24, 2.45) is 5.92 Å². The molecule has 10 heteroatoms. The fourth-order valence-corrected chi connectivity index (χ4v) is 6.46. The van der Waals surface area contributed by atoms with E-state index in [9.17, 15) is 19.2 Å². The molecular weight excluding hydrogens is 532 g/mol. The molecule has 2 aliphatic heterocycles. The molecule has 0 spiro atoms. The number of halogens is 1. The Morgan fingerprint density at radius 1 is 1.15 bits per heavy atom. The van der Waals surface area contributed by atoms with Gasteiger partial charge in [-0.05, 0) is 80.2 Å². The van der Waals surface area contributed by atoms with E-state index in [2.05, 4.69) is 31.8 Å². The summed E-state index contributed by atoms with van der Waals surface area (Å²) in [6, 6.07) is 10.5. The maximum absolute atomic E-state index is 13.5. The van der Waals surface area contributed by atoms with Crippen molar-refractivity contribution in [1.82, 2.24) is 20.4 Å². The number of carbonyl (C=O) groups excluding carboxylic acids is 4. The van der Waals surface area contributed by atoms with Crippen LogP contribution >= 0.6 is 11.6 Å². The second-order valence-corrected chi connectivity index (χ2v) is 12.1. The Labute approximate surface area is 236 Å². The number of nitrogens with zero attached hydrogens (tertiary/aromatic N) is 2. The smallest absolute Gasteiger partial charge is 0.254 e. The van der Waals surface area contributed by atoms with Gasteiger partial charge < -0.3 is 15.1 Å². The maximum atomic E-state index is 13.5. The summed E-state index contributed by atoms with van der Waals surface area (Å²) in [5.74, 6) is -0.895. The predicted molar refractivity (Wildman–Crippen MR) is 148 cm³/mol. The Hall–Kier alpha value is -3.01. The van der Waals surface area contributed by atoms with Crippen LogP contribution in [0.5, 0.6) is 0 Å². The van der Waals surface area contributed by atoms with E-state index in [1.807, 2.05) is 26.2 Å². The van der Waals surface area contributed by atoms with Crippen molar-refractivity contribution in [2.75, 3.05) is 14.1 Å². The molecule has 203 valence electrons. The lowest BCUT2D eigenvalue weighted by Gasteiger charge is -2.35. The third-order valence-corrected chi connectivity index (χ3v) is 8.98. The average molecular weight is 564 g/mol. The highest BCUT2D eigenvalue weighted by Crippen LogP contribution is 2.40. The van der Waals surface area contributed by atoms with E-state index in [4.69, 9.17) is 11.6 Å². The molecule has 1 unspecified atom stereocenters. The van der Waals surface area contributed by atoms with Crippen LogP contribution in [-0.4, -0.2) is 63.8 Å². The fraction of sp³-hybridized carbons (Fsp3) is 0.448. The highest BCUT2D eigenvalue weighted by atomic mass is 35.5. The van der Waals surface area contributed by atoms with Gasteiger partial charge in [-0.25, -0.2) is 0 Å². The number of amides is 4. The molecule has 2 fully saturated rings. The monoisotopic (exact) mass is 563 g/mol. The maximum Gasteiger partial charge on any atom is 0.254 e. The largest absolute Gasteiger partial charge is 0.345 e. The molecule has 8 nitrogen and oxygen atoms in total. The van der Waals surface area contributed by atoms with Gasteiger partial charge >= 0.3 is 0 Å². The minimum atomic E-state index is -0.699. The Balaban J connectivity index is 1.34. The Morgan fingerprint density at radius 2 is 1.92 bits per heavy atom. The molecule has 4 amide bonds. The zero-order valence-electron chi connectivity index (χ0n) is 22.1. The van der Waals surface area contributed by atoms with Crippen molar-refractivity contribution in [3.05, 3.63) is 69.2 Å². The van der Waals surface area contributed by atoms with Crippen LogP contribution in [-0.2, 0) is 22.7 Å². The average Bonchev–Trinajstić information content (AvgIpc) is 3.10. The topological polar surface area (TPSA) is 98.8 Å². The van der Waals surface area contributed by atoms with Gasteiger partial charge in [0.2, 0.25) is 11.8 Å². The number of imide groups is 1. The molecular formula is C29H32ClN4O4Si. The van der Waals surface area contributed by atoms with Gasteiger partial charge in [0.15, 0.2) is 0 Å². The lowest BCUT2D eigenvalue weighted by Crippen LogP contribution is -2.42. The minimum Gasteiger partial charge on any atom is -0.345 e. The molecule has 2 N–H and O–H groups in total. The van der Waals surface area contributed by atoms with Crippen molar-refractivity contribution in [2.45, 2.75) is 62.8 Å². The van der Waals surface area contributed by atoms with Gasteiger partial charge in [-0.15, -0.1) is 0 Å². The summed E-state index contributed by atoms with van der Waals surface area (Å²) in [6.45, 7) is 1.05. The third kappa shape index (κ3) is 5.66. The highest BCUT2D eigenvalue weighted by Gasteiger charge is 2.40. The van der Waals surface area contributed by atoms with Crippen LogP contribution in [0.2, 0.25) is 10.6 Å². The lowest BCUT2D eigenvalue weighted by atomic mass is 9.77. The predicted octanol–water partition coefficient (Wildman–Crippen LogP) is 3.39. The number of hydrogen-bond donors (Lipinski definition) is 2. The number of fused-ring (bicyclic) bond motifs is 1. The summed E-state index contributed by atoms with van der Waals surface area (Å²) in [4.78, 5) is 54.6. The summed E-state index contributed by atoms with van der Waals surface area (Å²) >= 11 is 6.72. The number of hydrogen-bond acceptors (Lipinski definition) is 5. The Bertz CT molecular complexity index is 1330. The van der Waals surface area contributed by atoms with E-state index < -0.39 is 17.5 Å². The van der Waals surface area contributed by atoms with Gasteiger partial charge in [0.05, 0.1) is 6.04 Å². The lowest BCUT2D eigenvalue weighted by molar-refractivity contribution is -0.129. The number of nitrogens with one attached hydrogen (secondary N) is 2. The van der Waals surface area contributed by atoms with Gasteiger partial charge in [0.25, 0.3) is 11.8 Å². The summed E-state index contributed by atoms with van der Waals surface area (Å²) < 4.78 is 0. The van der Waals surface area contributed by atoms with Gasteiger partial charge in [0.1, 0.15) is 0 Å². The van der Waals surface area contributed by atoms with E-state index in [1.54, 1.807) is 23.1 Å². The van der Waals surface area contributed by atoms with Crippen LogP contribution < -0.4 is 10.6 Å².